The van der Waals surface area contributed by atoms with E-state index in [1.165, 1.54) is 6.07 Å². The van der Waals surface area contributed by atoms with Crippen LogP contribution in [0.2, 0.25) is 5.02 Å². The van der Waals surface area contributed by atoms with E-state index in [-0.39, 0.29) is 30.7 Å². The van der Waals surface area contributed by atoms with Crippen molar-refractivity contribution in [1.29, 1.82) is 0 Å². The first kappa shape index (κ1) is 21.8. The largest absolute Gasteiger partial charge is 0.480 e. The number of amides is 2. The lowest BCUT2D eigenvalue weighted by molar-refractivity contribution is -0.139. The molecule has 0 saturated carbocycles. The van der Waals surface area contributed by atoms with E-state index in [4.69, 9.17) is 16.3 Å². The zero-order valence-electron chi connectivity index (χ0n) is 17.5. The lowest BCUT2D eigenvalue weighted by atomic mass is 10.1. The van der Waals surface area contributed by atoms with E-state index < -0.39 is 6.10 Å². The molecule has 2 amide bonds. The van der Waals surface area contributed by atoms with Crippen LogP contribution in [-0.2, 0) is 17.9 Å². The number of fused-ring (bicyclic) bond motifs is 1. The molecule has 3 aromatic rings. The molecule has 0 aromatic heterocycles. The van der Waals surface area contributed by atoms with Gasteiger partial charge in [-0.05, 0) is 42.8 Å². The van der Waals surface area contributed by atoms with Gasteiger partial charge in [0.05, 0.1) is 10.6 Å². The second-order valence-electron chi connectivity index (χ2n) is 7.56. The molecule has 3 aromatic carbocycles. The lowest BCUT2D eigenvalue weighted by Crippen LogP contribution is -2.39. The first-order valence-electron chi connectivity index (χ1n) is 10.3. The zero-order chi connectivity index (χ0) is 22.7. The number of anilines is 1. The topological polar surface area (TPSA) is 58.6 Å². The van der Waals surface area contributed by atoms with Crippen molar-refractivity contribution < 1.29 is 18.7 Å². The van der Waals surface area contributed by atoms with Gasteiger partial charge in [0.25, 0.3) is 11.8 Å². The van der Waals surface area contributed by atoms with Crippen LogP contribution >= 0.6 is 11.6 Å². The summed E-state index contributed by atoms with van der Waals surface area (Å²) in [5, 5.41) is 3.19. The Balaban J connectivity index is 1.61. The van der Waals surface area contributed by atoms with Gasteiger partial charge in [0.2, 0.25) is 0 Å². The van der Waals surface area contributed by atoms with Gasteiger partial charge in [-0.15, -0.1) is 0 Å². The van der Waals surface area contributed by atoms with E-state index in [0.29, 0.717) is 34.0 Å². The molecule has 5 nitrogen and oxygen atoms in total. The summed E-state index contributed by atoms with van der Waals surface area (Å²) in [5.74, 6) is -0.333. The molecule has 1 N–H and O–H groups in total. The number of hydrogen-bond donors (Lipinski definition) is 1. The molecule has 32 heavy (non-hydrogen) atoms. The molecule has 1 aliphatic heterocycles. The van der Waals surface area contributed by atoms with Gasteiger partial charge in [0, 0.05) is 29.9 Å². The van der Waals surface area contributed by atoms with Crippen LogP contribution in [0.25, 0.3) is 0 Å². The molecule has 0 aliphatic carbocycles. The third kappa shape index (κ3) is 4.60. The van der Waals surface area contributed by atoms with Crippen molar-refractivity contribution in [3.05, 3.63) is 94.3 Å². The summed E-state index contributed by atoms with van der Waals surface area (Å²) in [4.78, 5) is 27.3. The van der Waals surface area contributed by atoms with Gasteiger partial charge in [-0.2, -0.15) is 0 Å². The Kier molecular flexibility index (Phi) is 6.42. The highest BCUT2D eigenvalue weighted by Crippen LogP contribution is 2.31. The highest BCUT2D eigenvalue weighted by Gasteiger charge is 2.30. The highest BCUT2D eigenvalue weighted by molar-refractivity contribution is 6.34. The molecule has 0 saturated heterocycles. The van der Waals surface area contributed by atoms with Crippen LogP contribution in [0.1, 0.15) is 34.8 Å². The van der Waals surface area contributed by atoms with Crippen molar-refractivity contribution in [3.63, 3.8) is 0 Å². The van der Waals surface area contributed by atoms with Crippen molar-refractivity contribution in [2.45, 2.75) is 32.5 Å². The molecular weight excluding hydrogens is 431 g/mol. The number of carbonyl (C=O) groups excluding carboxylic acids is 2. The number of benzene rings is 3. The van der Waals surface area contributed by atoms with E-state index in [0.717, 1.165) is 5.56 Å². The molecule has 0 spiro atoms. The second-order valence-corrected chi connectivity index (χ2v) is 7.96. The first-order valence-corrected chi connectivity index (χ1v) is 10.7. The molecule has 1 aliphatic rings. The Morgan fingerprint density at radius 1 is 1.16 bits per heavy atom. The quantitative estimate of drug-likeness (QED) is 0.561. The van der Waals surface area contributed by atoms with Crippen LogP contribution in [0.3, 0.4) is 0 Å². The fourth-order valence-corrected chi connectivity index (χ4v) is 3.88. The molecule has 0 unspecified atom stereocenters. The standard InChI is InChI=1S/C25H22ClFN2O3/c1-2-22-25(31)29(14-16-7-3-6-10-21(16)27)15-17-13-18(11-12-23(17)32-22)28-24(30)19-8-4-5-9-20(19)26/h3-13,22H,2,14-15H2,1H3,(H,28,30)/t22-/m1/s1. The summed E-state index contributed by atoms with van der Waals surface area (Å²) >= 11 is 6.12. The smallest absolute Gasteiger partial charge is 0.264 e. The minimum atomic E-state index is -0.661. The van der Waals surface area contributed by atoms with Crippen LogP contribution in [-0.4, -0.2) is 22.8 Å². The summed E-state index contributed by atoms with van der Waals surface area (Å²) in [6, 6.07) is 18.4. The molecule has 1 atom stereocenters. The highest BCUT2D eigenvalue weighted by atomic mass is 35.5. The number of nitrogens with zero attached hydrogens (tertiary/aromatic N) is 1. The third-order valence-electron chi connectivity index (χ3n) is 5.34. The number of carbonyl (C=O) groups is 2. The van der Waals surface area contributed by atoms with Crippen LogP contribution in [0.4, 0.5) is 10.1 Å². The summed E-state index contributed by atoms with van der Waals surface area (Å²) in [5.41, 5.74) is 2.07. The van der Waals surface area contributed by atoms with Gasteiger partial charge < -0.3 is 15.0 Å². The maximum Gasteiger partial charge on any atom is 0.264 e. The number of ether oxygens (including phenoxy) is 1. The second kappa shape index (κ2) is 9.40. The molecule has 164 valence electrons. The summed E-state index contributed by atoms with van der Waals surface area (Å²) in [6.45, 7) is 2.23. The Bertz CT molecular complexity index is 1170. The number of hydrogen-bond acceptors (Lipinski definition) is 3. The summed E-state index contributed by atoms with van der Waals surface area (Å²) < 4.78 is 20.2. The maximum atomic E-state index is 14.2. The van der Waals surface area contributed by atoms with Gasteiger partial charge >= 0.3 is 0 Å². The van der Waals surface area contributed by atoms with E-state index in [2.05, 4.69) is 5.32 Å². The number of halogens is 2. The average molecular weight is 453 g/mol. The van der Waals surface area contributed by atoms with Crippen LogP contribution < -0.4 is 10.1 Å². The van der Waals surface area contributed by atoms with Gasteiger partial charge in [-0.3, -0.25) is 9.59 Å². The fourth-order valence-electron chi connectivity index (χ4n) is 3.65. The van der Waals surface area contributed by atoms with Crippen LogP contribution in [0.5, 0.6) is 5.75 Å². The third-order valence-corrected chi connectivity index (χ3v) is 5.67. The minimum Gasteiger partial charge on any atom is -0.480 e. The van der Waals surface area contributed by atoms with Crippen molar-refractivity contribution in [2.75, 3.05) is 5.32 Å². The average Bonchev–Trinajstić information content (AvgIpc) is 2.91. The number of nitrogens with one attached hydrogen (secondary N) is 1. The van der Waals surface area contributed by atoms with Crippen LogP contribution in [0.15, 0.2) is 66.7 Å². The number of rotatable bonds is 5. The molecule has 0 fully saturated rings. The first-order chi connectivity index (χ1) is 15.5. The van der Waals surface area contributed by atoms with Crippen molar-refractivity contribution in [2.24, 2.45) is 0 Å². The van der Waals surface area contributed by atoms with Gasteiger partial charge in [0.1, 0.15) is 11.6 Å². The van der Waals surface area contributed by atoms with E-state index in [9.17, 15) is 14.0 Å². The molecule has 4 rings (SSSR count). The Labute approximate surface area is 190 Å². The Morgan fingerprint density at radius 2 is 1.91 bits per heavy atom. The maximum absolute atomic E-state index is 14.2. The van der Waals surface area contributed by atoms with Gasteiger partial charge in [-0.1, -0.05) is 48.9 Å². The lowest BCUT2D eigenvalue weighted by Gasteiger charge is -2.23. The molecular formula is C25H22ClFN2O3. The summed E-state index contributed by atoms with van der Waals surface area (Å²) in [7, 11) is 0. The van der Waals surface area contributed by atoms with Gasteiger partial charge in [-0.25, -0.2) is 4.39 Å². The van der Waals surface area contributed by atoms with Crippen molar-refractivity contribution >= 4 is 29.1 Å². The predicted molar refractivity (Wildman–Crippen MR) is 121 cm³/mol. The predicted octanol–water partition coefficient (Wildman–Crippen LogP) is 5.43. The van der Waals surface area contributed by atoms with E-state index in [1.807, 2.05) is 6.92 Å². The zero-order valence-corrected chi connectivity index (χ0v) is 18.2. The van der Waals surface area contributed by atoms with Gasteiger partial charge in [0.15, 0.2) is 6.10 Å². The fraction of sp³-hybridized carbons (Fsp3) is 0.200. The normalized spacial score (nSPS) is 15.5. The van der Waals surface area contributed by atoms with E-state index >= 15 is 0 Å². The Morgan fingerprint density at radius 3 is 2.66 bits per heavy atom. The molecule has 0 radical (unpaired) electrons. The molecule has 0 bridgehead atoms. The summed E-state index contributed by atoms with van der Waals surface area (Å²) in [6.07, 6.45) is -0.177. The SMILES string of the molecule is CC[C@H]1Oc2ccc(NC(=O)c3ccccc3Cl)cc2CN(Cc2ccccc2F)C1=O. The monoisotopic (exact) mass is 452 g/mol. The van der Waals surface area contributed by atoms with Crippen molar-refractivity contribution in [3.8, 4) is 5.75 Å². The Hall–Kier alpha value is -3.38. The van der Waals surface area contributed by atoms with Crippen LogP contribution in [0, 0.1) is 5.82 Å². The molecule has 1 heterocycles. The van der Waals surface area contributed by atoms with Crippen molar-refractivity contribution in [1.82, 2.24) is 4.90 Å². The minimum absolute atomic E-state index is 0.126. The molecule has 7 heteroatoms. The van der Waals surface area contributed by atoms with E-state index in [1.54, 1.807) is 65.6 Å².